The molecule has 0 aliphatic heterocycles. The Labute approximate surface area is 349 Å². The van der Waals surface area contributed by atoms with Crippen molar-refractivity contribution in [2.24, 2.45) is 0 Å². The van der Waals surface area contributed by atoms with E-state index in [1.165, 1.54) is 120 Å². The molecule has 0 aliphatic carbocycles. The van der Waals surface area contributed by atoms with Gasteiger partial charge < -0.3 is 0 Å². The third-order valence-corrected chi connectivity index (χ3v) is 12.6. The standard InChI is InChI=1S/C60H38/c1-2-14-40(15-3-1)56-34-43-17-6-7-18-44(43)35-58(56)49-28-30-55-52-29-27-45(33-50(52)38-59(60(55)37-49)48-26-25-39-13-4-5-16-41(39)31-48)42-20-12-21-46(32-42)57-36-47-19-8-9-22-51(47)53-23-10-11-24-54(53)57/h1-38H. The molecule has 0 heteroatoms. The van der Waals surface area contributed by atoms with E-state index in [2.05, 4.69) is 231 Å². The Hall–Kier alpha value is -7.80. The van der Waals surface area contributed by atoms with Crippen LogP contribution in [0.25, 0.3) is 120 Å². The first-order chi connectivity index (χ1) is 29.7. The second-order valence-corrected chi connectivity index (χ2v) is 16.1. The Morgan fingerprint density at radius 1 is 0.150 bits per heavy atom. The topological polar surface area (TPSA) is 0 Å². The number of hydrogen-bond acceptors (Lipinski definition) is 0. The van der Waals surface area contributed by atoms with Gasteiger partial charge in [0, 0.05) is 0 Å². The first kappa shape index (κ1) is 34.3. The van der Waals surface area contributed by atoms with E-state index in [0.29, 0.717) is 0 Å². The van der Waals surface area contributed by atoms with Gasteiger partial charge in [0.15, 0.2) is 0 Å². The molecular formula is C60H38. The summed E-state index contributed by atoms with van der Waals surface area (Å²) < 4.78 is 0. The molecule has 0 saturated carbocycles. The molecule has 12 rings (SSSR count). The summed E-state index contributed by atoms with van der Waals surface area (Å²) in [4.78, 5) is 0. The van der Waals surface area contributed by atoms with Gasteiger partial charge in [-0.2, -0.15) is 0 Å². The molecule has 0 spiro atoms. The lowest BCUT2D eigenvalue weighted by atomic mass is 9.87. The molecule has 0 heterocycles. The van der Waals surface area contributed by atoms with E-state index < -0.39 is 0 Å². The fourth-order valence-electron chi connectivity index (χ4n) is 9.60. The van der Waals surface area contributed by atoms with Gasteiger partial charge in [-0.25, -0.2) is 0 Å². The maximum absolute atomic E-state index is 2.43. The minimum absolute atomic E-state index is 1.21. The van der Waals surface area contributed by atoms with Crippen molar-refractivity contribution in [2.45, 2.75) is 0 Å². The normalized spacial score (nSPS) is 11.7. The van der Waals surface area contributed by atoms with Gasteiger partial charge in [-0.05, 0) is 169 Å². The minimum Gasteiger partial charge on any atom is -0.0622 e. The van der Waals surface area contributed by atoms with E-state index in [9.17, 15) is 0 Å². The van der Waals surface area contributed by atoms with Crippen LogP contribution in [0.5, 0.6) is 0 Å². The fourth-order valence-corrected chi connectivity index (χ4v) is 9.60. The van der Waals surface area contributed by atoms with E-state index in [-0.39, 0.29) is 0 Å². The van der Waals surface area contributed by atoms with Gasteiger partial charge >= 0.3 is 0 Å². The zero-order valence-electron chi connectivity index (χ0n) is 32.9. The van der Waals surface area contributed by atoms with Crippen LogP contribution < -0.4 is 0 Å². The average Bonchev–Trinajstić information content (AvgIpc) is 3.33. The summed E-state index contributed by atoms with van der Waals surface area (Å²) in [5.74, 6) is 0. The van der Waals surface area contributed by atoms with Crippen LogP contribution in [0.2, 0.25) is 0 Å². The number of benzene rings is 12. The van der Waals surface area contributed by atoms with Crippen molar-refractivity contribution in [3.8, 4) is 55.6 Å². The number of rotatable bonds is 5. The Morgan fingerprint density at radius 2 is 0.583 bits per heavy atom. The molecule has 12 aromatic rings. The molecule has 0 aliphatic rings. The van der Waals surface area contributed by atoms with Crippen molar-refractivity contribution in [2.75, 3.05) is 0 Å². The van der Waals surface area contributed by atoms with Crippen molar-refractivity contribution in [3.63, 3.8) is 0 Å². The molecule has 278 valence electrons. The monoisotopic (exact) mass is 758 g/mol. The maximum atomic E-state index is 2.43. The third-order valence-electron chi connectivity index (χ3n) is 12.6. The lowest BCUT2D eigenvalue weighted by molar-refractivity contribution is 1.61. The van der Waals surface area contributed by atoms with E-state index in [1.54, 1.807) is 0 Å². The van der Waals surface area contributed by atoms with Gasteiger partial charge in [-0.15, -0.1) is 0 Å². The Bertz CT molecular complexity index is 3650. The van der Waals surface area contributed by atoms with Gasteiger partial charge in [-0.1, -0.05) is 182 Å². The van der Waals surface area contributed by atoms with Crippen LogP contribution >= 0.6 is 0 Å². The summed E-state index contributed by atoms with van der Waals surface area (Å²) in [6.07, 6.45) is 0. The first-order valence-electron chi connectivity index (χ1n) is 20.8. The molecule has 0 bridgehead atoms. The smallest absolute Gasteiger partial charge is 0.00928 e. The highest BCUT2D eigenvalue weighted by Crippen LogP contribution is 2.43. The van der Waals surface area contributed by atoms with Crippen molar-refractivity contribution in [3.05, 3.63) is 231 Å². The molecular weight excluding hydrogens is 721 g/mol. The molecule has 0 nitrogen and oxygen atoms in total. The Morgan fingerprint density at radius 3 is 1.38 bits per heavy atom. The predicted molar refractivity (Wildman–Crippen MR) is 259 cm³/mol. The molecule has 0 aromatic heterocycles. The van der Waals surface area contributed by atoms with Gasteiger partial charge in [0.2, 0.25) is 0 Å². The second-order valence-electron chi connectivity index (χ2n) is 16.1. The lowest BCUT2D eigenvalue weighted by Gasteiger charge is -2.17. The molecule has 60 heavy (non-hydrogen) atoms. The quantitative estimate of drug-likeness (QED) is 0.153. The summed E-state index contributed by atoms with van der Waals surface area (Å²) in [7, 11) is 0. The summed E-state index contributed by atoms with van der Waals surface area (Å²) in [6.45, 7) is 0. The van der Waals surface area contributed by atoms with Gasteiger partial charge in [0.25, 0.3) is 0 Å². The Kier molecular flexibility index (Phi) is 7.96. The molecule has 0 atom stereocenters. The van der Waals surface area contributed by atoms with E-state index in [0.717, 1.165) is 0 Å². The van der Waals surface area contributed by atoms with Crippen LogP contribution in [-0.4, -0.2) is 0 Å². The Balaban J connectivity index is 1.05. The minimum atomic E-state index is 1.21. The second kappa shape index (κ2) is 13.9. The summed E-state index contributed by atoms with van der Waals surface area (Å²) in [6, 6.07) is 85.3. The van der Waals surface area contributed by atoms with Gasteiger partial charge in [0.05, 0.1) is 0 Å². The highest BCUT2D eigenvalue weighted by molar-refractivity contribution is 6.17. The van der Waals surface area contributed by atoms with Crippen molar-refractivity contribution in [1.29, 1.82) is 0 Å². The highest BCUT2D eigenvalue weighted by atomic mass is 14.2. The largest absolute Gasteiger partial charge is 0.0622 e. The predicted octanol–water partition coefficient (Wildman–Crippen LogP) is 16.9. The van der Waals surface area contributed by atoms with Crippen LogP contribution in [0.1, 0.15) is 0 Å². The van der Waals surface area contributed by atoms with Gasteiger partial charge in [-0.3, -0.25) is 0 Å². The first-order valence-corrected chi connectivity index (χ1v) is 20.8. The summed E-state index contributed by atoms with van der Waals surface area (Å²) >= 11 is 0. The van der Waals surface area contributed by atoms with Crippen LogP contribution in [0.3, 0.4) is 0 Å². The zero-order valence-corrected chi connectivity index (χ0v) is 32.9. The highest BCUT2D eigenvalue weighted by Gasteiger charge is 2.16. The zero-order chi connectivity index (χ0) is 39.6. The van der Waals surface area contributed by atoms with Crippen LogP contribution in [0.15, 0.2) is 231 Å². The number of fused-ring (bicyclic) bond motifs is 8. The molecule has 0 saturated heterocycles. The van der Waals surface area contributed by atoms with E-state index in [1.807, 2.05) is 0 Å². The summed E-state index contributed by atoms with van der Waals surface area (Å²) in [5.41, 5.74) is 12.3. The molecule has 12 aromatic carbocycles. The van der Waals surface area contributed by atoms with E-state index >= 15 is 0 Å². The van der Waals surface area contributed by atoms with Crippen LogP contribution in [0.4, 0.5) is 0 Å². The van der Waals surface area contributed by atoms with Crippen LogP contribution in [-0.2, 0) is 0 Å². The molecule has 0 fully saturated rings. The van der Waals surface area contributed by atoms with Crippen molar-refractivity contribution >= 4 is 64.6 Å². The SMILES string of the molecule is c1ccc(-c2cc3ccccc3cc2-c2ccc3c(c2)c(-c2ccc4ccccc4c2)cc2cc(-c4cccc(-c5cc6ccccc6c6ccccc56)c4)ccc23)cc1. The summed E-state index contributed by atoms with van der Waals surface area (Å²) in [5, 5.41) is 15.1. The third kappa shape index (κ3) is 5.76. The maximum Gasteiger partial charge on any atom is -0.00928 e. The van der Waals surface area contributed by atoms with Crippen molar-refractivity contribution in [1.82, 2.24) is 0 Å². The molecule has 0 unspecified atom stereocenters. The van der Waals surface area contributed by atoms with E-state index in [4.69, 9.17) is 0 Å². The van der Waals surface area contributed by atoms with Crippen LogP contribution in [0, 0.1) is 0 Å². The molecule has 0 N–H and O–H groups in total. The number of hydrogen-bond donors (Lipinski definition) is 0. The molecule has 0 amide bonds. The fraction of sp³-hybridized carbons (Fsp3) is 0. The molecule has 0 radical (unpaired) electrons. The van der Waals surface area contributed by atoms with Crippen molar-refractivity contribution < 1.29 is 0 Å². The lowest BCUT2D eigenvalue weighted by Crippen LogP contribution is -1.90. The average molecular weight is 759 g/mol. The van der Waals surface area contributed by atoms with Gasteiger partial charge in [0.1, 0.15) is 0 Å².